The average molecular weight is 296 g/mol. The summed E-state index contributed by atoms with van der Waals surface area (Å²) in [6.45, 7) is 7.61. The van der Waals surface area contributed by atoms with E-state index in [1.54, 1.807) is 0 Å². The predicted octanol–water partition coefficient (Wildman–Crippen LogP) is 3.01. The second kappa shape index (κ2) is 7.10. The highest BCUT2D eigenvalue weighted by Gasteiger charge is 2.41. The van der Waals surface area contributed by atoms with E-state index in [0.29, 0.717) is 24.5 Å². The van der Waals surface area contributed by atoms with E-state index in [1.165, 1.54) is 19.3 Å². The van der Waals surface area contributed by atoms with Crippen LogP contribution in [0.3, 0.4) is 0 Å². The third-order valence-electron chi connectivity index (χ3n) is 5.51. The Labute approximate surface area is 129 Å². The predicted molar refractivity (Wildman–Crippen MR) is 85.5 cm³/mol. The Kier molecular flexibility index (Phi) is 5.67. The summed E-state index contributed by atoms with van der Waals surface area (Å²) < 4.78 is 0. The third-order valence-corrected chi connectivity index (χ3v) is 5.51. The van der Waals surface area contributed by atoms with Gasteiger partial charge in [-0.2, -0.15) is 0 Å². The molecule has 122 valence electrons. The lowest BCUT2D eigenvalue weighted by molar-refractivity contribution is -0.145. The van der Waals surface area contributed by atoms with Crippen molar-refractivity contribution in [3.8, 4) is 0 Å². The summed E-state index contributed by atoms with van der Waals surface area (Å²) >= 11 is 0. The molecule has 2 N–H and O–H groups in total. The molecule has 1 saturated heterocycles. The molecule has 1 aliphatic heterocycles. The summed E-state index contributed by atoms with van der Waals surface area (Å²) in [6.07, 6.45) is 8.46. The molecule has 0 aromatic heterocycles. The van der Waals surface area contributed by atoms with Crippen LogP contribution in [-0.2, 0) is 4.79 Å². The van der Waals surface area contributed by atoms with Crippen LogP contribution in [0.2, 0.25) is 0 Å². The van der Waals surface area contributed by atoms with E-state index in [2.05, 4.69) is 24.1 Å². The zero-order valence-electron chi connectivity index (χ0n) is 13.9. The molecule has 0 radical (unpaired) electrons. The number of aliphatic carboxylic acids is 1. The van der Waals surface area contributed by atoms with Gasteiger partial charge in [-0.1, -0.05) is 13.8 Å². The topological polar surface area (TPSA) is 52.6 Å². The van der Waals surface area contributed by atoms with E-state index in [4.69, 9.17) is 0 Å². The van der Waals surface area contributed by atoms with E-state index in [1.807, 2.05) is 6.92 Å². The van der Waals surface area contributed by atoms with Gasteiger partial charge in [0, 0.05) is 18.1 Å². The van der Waals surface area contributed by atoms with Gasteiger partial charge in [-0.25, -0.2) is 0 Å². The van der Waals surface area contributed by atoms with Crippen LogP contribution >= 0.6 is 0 Å². The molecule has 2 aliphatic rings. The maximum atomic E-state index is 11.8. The highest BCUT2D eigenvalue weighted by molar-refractivity contribution is 5.78. The number of likely N-dealkylation sites (tertiary alicyclic amines) is 1. The van der Waals surface area contributed by atoms with Crippen molar-refractivity contribution in [3.63, 3.8) is 0 Å². The summed E-state index contributed by atoms with van der Waals surface area (Å²) in [7, 11) is 0. The fourth-order valence-corrected chi connectivity index (χ4v) is 3.82. The summed E-state index contributed by atoms with van der Waals surface area (Å²) in [5.41, 5.74) is -0.703. The highest BCUT2D eigenvalue weighted by atomic mass is 16.4. The largest absolute Gasteiger partial charge is 0.480 e. The van der Waals surface area contributed by atoms with Gasteiger partial charge < -0.3 is 5.11 Å². The molecule has 21 heavy (non-hydrogen) atoms. The van der Waals surface area contributed by atoms with Gasteiger partial charge in [0.25, 0.3) is 0 Å². The second-order valence-corrected chi connectivity index (χ2v) is 6.99. The molecule has 1 saturated carbocycles. The van der Waals surface area contributed by atoms with Gasteiger partial charge in [0.2, 0.25) is 0 Å². The first-order valence-corrected chi connectivity index (χ1v) is 8.79. The minimum Gasteiger partial charge on any atom is -0.480 e. The molecule has 2 rings (SSSR count). The quantitative estimate of drug-likeness (QED) is 0.687. The van der Waals surface area contributed by atoms with Crippen LogP contribution in [0.5, 0.6) is 0 Å². The van der Waals surface area contributed by atoms with Crippen LogP contribution in [0, 0.1) is 0 Å². The Morgan fingerprint density at radius 3 is 2.52 bits per heavy atom. The Bertz CT molecular complexity index is 357. The number of hydrogen-bond acceptors (Lipinski definition) is 3. The molecule has 2 fully saturated rings. The molecule has 3 unspecified atom stereocenters. The molecule has 4 nitrogen and oxygen atoms in total. The molecule has 0 aromatic carbocycles. The fraction of sp³-hybridized carbons (Fsp3) is 0.941. The second-order valence-electron chi connectivity index (χ2n) is 6.99. The number of carboxylic acids is 1. The number of carbonyl (C=O) groups is 1. The molecule has 4 heteroatoms. The molecule has 3 atom stereocenters. The van der Waals surface area contributed by atoms with Crippen molar-refractivity contribution in [3.05, 3.63) is 0 Å². The van der Waals surface area contributed by atoms with Crippen LogP contribution < -0.4 is 5.32 Å². The lowest BCUT2D eigenvalue weighted by atomic mass is 9.90. The maximum Gasteiger partial charge on any atom is 0.323 e. The maximum absolute atomic E-state index is 11.8. The van der Waals surface area contributed by atoms with Gasteiger partial charge in [-0.05, 0) is 64.8 Å². The third kappa shape index (κ3) is 3.98. The molecule has 1 aliphatic carbocycles. The number of hydrogen-bond donors (Lipinski definition) is 2. The van der Waals surface area contributed by atoms with E-state index in [9.17, 15) is 9.90 Å². The lowest BCUT2D eigenvalue weighted by Gasteiger charge is -2.32. The average Bonchev–Trinajstić information content (AvgIpc) is 3.21. The van der Waals surface area contributed by atoms with E-state index in [-0.39, 0.29) is 0 Å². The highest BCUT2D eigenvalue weighted by Crippen LogP contribution is 2.29. The van der Waals surface area contributed by atoms with E-state index < -0.39 is 11.5 Å². The normalized spacial score (nSPS) is 29.5. The first-order valence-electron chi connectivity index (χ1n) is 8.79. The van der Waals surface area contributed by atoms with Crippen molar-refractivity contribution in [2.24, 2.45) is 0 Å². The Morgan fingerprint density at radius 2 is 2.00 bits per heavy atom. The zero-order valence-corrected chi connectivity index (χ0v) is 13.9. The standard InChI is InChI=1S/C17H32N2O2/c1-4-15-10-7-13(3)19(15)12-6-11-17(5-2,16(20)21)18-14-8-9-14/h13-15,18H,4-12H2,1-3H3,(H,20,21). The number of carboxylic acid groups (broad SMARTS) is 1. The SMILES string of the molecule is CCC1CCC(C)N1CCCC(CC)(NC1CC1)C(=O)O. The molecular formula is C17H32N2O2. The zero-order chi connectivity index (χ0) is 15.5. The molecule has 1 heterocycles. The number of rotatable bonds is 9. The van der Waals surface area contributed by atoms with E-state index in [0.717, 1.165) is 32.2 Å². The van der Waals surface area contributed by atoms with Crippen molar-refractivity contribution in [1.29, 1.82) is 0 Å². The Hall–Kier alpha value is -0.610. The lowest BCUT2D eigenvalue weighted by Crippen LogP contribution is -2.53. The molecule has 0 spiro atoms. The van der Waals surface area contributed by atoms with Gasteiger partial charge in [-0.15, -0.1) is 0 Å². The van der Waals surface area contributed by atoms with Crippen molar-refractivity contribution in [2.45, 2.75) is 95.8 Å². The minimum atomic E-state index is -0.703. The summed E-state index contributed by atoms with van der Waals surface area (Å²) in [5.74, 6) is -0.668. The van der Waals surface area contributed by atoms with Crippen LogP contribution in [-0.4, -0.2) is 46.2 Å². The van der Waals surface area contributed by atoms with Gasteiger partial charge in [0.1, 0.15) is 5.54 Å². The summed E-state index contributed by atoms with van der Waals surface area (Å²) in [4.78, 5) is 14.3. The minimum absolute atomic E-state index is 0.440. The van der Waals surface area contributed by atoms with Crippen LogP contribution in [0.4, 0.5) is 0 Å². The first-order chi connectivity index (χ1) is 10.0. The van der Waals surface area contributed by atoms with Crippen LogP contribution in [0.1, 0.15) is 72.1 Å². The van der Waals surface area contributed by atoms with E-state index >= 15 is 0 Å². The first kappa shape index (κ1) is 16.8. The fourth-order valence-electron chi connectivity index (χ4n) is 3.82. The van der Waals surface area contributed by atoms with Crippen molar-refractivity contribution in [1.82, 2.24) is 10.2 Å². The van der Waals surface area contributed by atoms with Crippen LogP contribution in [0.15, 0.2) is 0 Å². The van der Waals surface area contributed by atoms with Crippen molar-refractivity contribution < 1.29 is 9.90 Å². The van der Waals surface area contributed by atoms with Crippen LogP contribution in [0.25, 0.3) is 0 Å². The number of nitrogens with zero attached hydrogens (tertiary/aromatic N) is 1. The van der Waals surface area contributed by atoms with Gasteiger partial charge >= 0.3 is 5.97 Å². The molecule has 0 aromatic rings. The summed E-state index contributed by atoms with van der Waals surface area (Å²) in [5, 5.41) is 13.1. The van der Waals surface area contributed by atoms with Crippen molar-refractivity contribution >= 4 is 5.97 Å². The summed E-state index contributed by atoms with van der Waals surface area (Å²) in [6, 6.07) is 1.81. The monoisotopic (exact) mass is 296 g/mol. The molecule has 0 amide bonds. The number of nitrogens with one attached hydrogen (secondary N) is 1. The Balaban J connectivity index is 1.87. The van der Waals surface area contributed by atoms with Crippen molar-refractivity contribution in [2.75, 3.05) is 6.54 Å². The van der Waals surface area contributed by atoms with Gasteiger partial charge in [-0.3, -0.25) is 15.0 Å². The smallest absolute Gasteiger partial charge is 0.323 e. The molecular weight excluding hydrogens is 264 g/mol. The van der Waals surface area contributed by atoms with Gasteiger partial charge in [0.05, 0.1) is 0 Å². The Morgan fingerprint density at radius 1 is 1.29 bits per heavy atom. The van der Waals surface area contributed by atoms with Gasteiger partial charge in [0.15, 0.2) is 0 Å². The molecule has 0 bridgehead atoms.